The Hall–Kier alpha value is -0.570. The molecule has 0 heterocycles. The first-order valence-corrected chi connectivity index (χ1v) is 6.50. The second-order valence-corrected chi connectivity index (χ2v) is 5.17. The fraction of sp³-hybridized carbons (Fsp3) is 0.923. The molecule has 94 valence electrons. The lowest BCUT2D eigenvalue weighted by atomic mass is 9.98. The van der Waals surface area contributed by atoms with Crippen molar-refractivity contribution in [1.82, 2.24) is 5.32 Å². The Kier molecular flexibility index (Phi) is 5.81. The molecule has 1 saturated carbocycles. The molecule has 1 atom stereocenters. The Bertz CT molecular complexity index is 210. The van der Waals surface area contributed by atoms with Gasteiger partial charge in [0.1, 0.15) is 6.61 Å². The summed E-state index contributed by atoms with van der Waals surface area (Å²) in [5.41, 5.74) is 0. The third-order valence-corrected chi connectivity index (χ3v) is 3.39. The van der Waals surface area contributed by atoms with Crippen molar-refractivity contribution in [2.24, 2.45) is 5.92 Å². The molecule has 3 heteroatoms. The van der Waals surface area contributed by atoms with Crippen LogP contribution in [0.4, 0.5) is 0 Å². The molecule has 1 unspecified atom stereocenters. The minimum Gasteiger partial charge on any atom is -0.368 e. The molecule has 0 bridgehead atoms. The summed E-state index contributed by atoms with van der Waals surface area (Å²) >= 11 is 0. The molecular weight excluding hydrogens is 202 g/mol. The van der Waals surface area contributed by atoms with Crippen LogP contribution in [0.25, 0.3) is 0 Å². The lowest BCUT2D eigenvalue weighted by Gasteiger charge is -2.23. The van der Waals surface area contributed by atoms with Gasteiger partial charge in [-0.1, -0.05) is 33.1 Å². The topological polar surface area (TPSA) is 38.3 Å². The van der Waals surface area contributed by atoms with Gasteiger partial charge in [-0.2, -0.15) is 0 Å². The number of carbonyl (C=O) groups excluding carboxylic acids is 1. The van der Waals surface area contributed by atoms with Crippen LogP contribution in [-0.4, -0.2) is 24.7 Å². The third kappa shape index (κ3) is 4.97. The molecule has 0 aliphatic heterocycles. The largest absolute Gasteiger partial charge is 0.368 e. The predicted octanol–water partition coefficient (Wildman–Crippen LogP) is 2.50. The van der Waals surface area contributed by atoms with Gasteiger partial charge in [0.2, 0.25) is 5.91 Å². The van der Waals surface area contributed by atoms with Gasteiger partial charge in [0.15, 0.2) is 0 Å². The van der Waals surface area contributed by atoms with Gasteiger partial charge in [-0.3, -0.25) is 4.79 Å². The molecule has 0 aromatic carbocycles. The first-order valence-electron chi connectivity index (χ1n) is 6.50. The molecule has 1 fully saturated rings. The van der Waals surface area contributed by atoms with Crippen LogP contribution in [0.5, 0.6) is 0 Å². The summed E-state index contributed by atoms with van der Waals surface area (Å²) in [7, 11) is 0. The predicted molar refractivity (Wildman–Crippen MR) is 65.3 cm³/mol. The van der Waals surface area contributed by atoms with Crippen molar-refractivity contribution in [3.63, 3.8) is 0 Å². The summed E-state index contributed by atoms with van der Waals surface area (Å²) in [4.78, 5) is 11.6. The Morgan fingerprint density at radius 1 is 1.25 bits per heavy atom. The van der Waals surface area contributed by atoms with E-state index in [0.29, 0.717) is 12.0 Å². The number of rotatable bonds is 5. The van der Waals surface area contributed by atoms with Crippen LogP contribution in [-0.2, 0) is 9.53 Å². The lowest BCUT2D eigenvalue weighted by molar-refractivity contribution is -0.129. The SMILES string of the molecule is CC(C)C(C)NC(=O)COC1CCCCC1. The maximum absolute atomic E-state index is 11.6. The summed E-state index contributed by atoms with van der Waals surface area (Å²) < 4.78 is 5.61. The normalized spacial score (nSPS) is 19.8. The van der Waals surface area contributed by atoms with Crippen molar-refractivity contribution in [3.8, 4) is 0 Å². The van der Waals surface area contributed by atoms with Crippen LogP contribution in [0.2, 0.25) is 0 Å². The van der Waals surface area contributed by atoms with Gasteiger partial charge in [0.05, 0.1) is 6.10 Å². The molecule has 1 N–H and O–H groups in total. The second-order valence-electron chi connectivity index (χ2n) is 5.17. The van der Waals surface area contributed by atoms with E-state index in [2.05, 4.69) is 19.2 Å². The average Bonchev–Trinajstić information content (AvgIpc) is 2.27. The summed E-state index contributed by atoms with van der Waals surface area (Å²) in [5, 5.41) is 2.95. The zero-order chi connectivity index (χ0) is 12.0. The van der Waals surface area contributed by atoms with Gasteiger partial charge >= 0.3 is 0 Å². The van der Waals surface area contributed by atoms with E-state index in [0.717, 1.165) is 12.8 Å². The number of nitrogens with one attached hydrogen (secondary N) is 1. The van der Waals surface area contributed by atoms with Crippen molar-refractivity contribution in [2.75, 3.05) is 6.61 Å². The Labute approximate surface area is 98.9 Å². The van der Waals surface area contributed by atoms with Gasteiger partial charge in [0, 0.05) is 6.04 Å². The maximum Gasteiger partial charge on any atom is 0.246 e. The fourth-order valence-electron chi connectivity index (χ4n) is 1.89. The number of amides is 1. The quantitative estimate of drug-likeness (QED) is 0.783. The molecule has 0 saturated heterocycles. The first kappa shape index (κ1) is 13.5. The average molecular weight is 227 g/mol. The van der Waals surface area contributed by atoms with Crippen molar-refractivity contribution in [1.29, 1.82) is 0 Å². The summed E-state index contributed by atoms with van der Waals surface area (Å²) in [6.45, 7) is 6.46. The van der Waals surface area contributed by atoms with E-state index >= 15 is 0 Å². The molecule has 1 amide bonds. The molecule has 1 aliphatic rings. The zero-order valence-electron chi connectivity index (χ0n) is 10.8. The van der Waals surface area contributed by atoms with Crippen LogP contribution in [0.3, 0.4) is 0 Å². The zero-order valence-corrected chi connectivity index (χ0v) is 10.8. The van der Waals surface area contributed by atoms with Gasteiger partial charge in [0.25, 0.3) is 0 Å². The second kappa shape index (κ2) is 6.89. The van der Waals surface area contributed by atoms with E-state index in [-0.39, 0.29) is 18.6 Å². The molecule has 1 aliphatic carbocycles. The Morgan fingerprint density at radius 2 is 1.88 bits per heavy atom. The maximum atomic E-state index is 11.6. The molecule has 1 rings (SSSR count). The highest BCUT2D eigenvalue weighted by molar-refractivity contribution is 5.77. The van der Waals surface area contributed by atoms with Gasteiger partial charge in [-0.15, -0.1) is 0 Å². The van der Waals surface area contributed by atoms with Crippen LogP contribution in [0, 0.1) is 5.92 Å². The number of hydrogen-bond donors (Lipinski definition) is 1. The highest BCUT2D eigenvalue weighted by Gasteiger charge is 2.16. The minimum atomic E-state index is 0.0202. The van der Waals surface area contributed by atoms with Crippen molar-refractivity contribution in [3.05, 3.63) is 0 Å². The monoisotopic (exact) mass is 227 g/mol. The highest BCUT2D eigenvalue weighted by Crippen LogP contribution is 2.19. The smallest absolute Gasteiger partial charge is 0.246 e. The molecule has 0 aromatic rings. The Morgan fingerprint density at radius 3 is 2.44 bits per heavy atom. The summed E-state index contributed by atoms with van der Waals surface area (Å²) in [6.07, 6.45) is 6.36. The highest BCUT2D eigenvalue weighted by atomic mass is 16.5. The molecule has 16 heavy (non-hydrogen) atoms. The lowest BCUT2D eigenvalue weighted by Crippen LogP contribution is -2.39. The van der Waals surface area contributed by atoms with Crippen LogP contribution >= 0.6 is 0 Å². The Balaban J connectivity index is 2.14. The molecular formula is C13H25NO2. The summed E-state index contributed by atoms with van der Waals surface area (Å²) in [5.74, 6) is 0.491. The van der Waals surface area contributed by atoms with Gasteiger partial charge in [-0.05, 0) is 25.7 Å². The van der Waals surface area contributed by atoms with E-state index in [4.69, 9.17) is 4.74 Å². The van der Waals surface area contributed by atoms with Crippen molar-refractivity contribution >= 4 is 5.91 Å². The van der Waals surface area contributed by atoms with E-state index in [1.165, 1.54) is 19.3 Å². The van der Waals surface area contributed by atoms with Crippen LogP contribution in [0.1, 0.15) is 52.9 Å². The first-order chi connectivity index (χ1) is 7.59. The number of hydrogen-bond acceptors (Lipinski definition) is 2. The minimum absolute atomic E-state index is 0.0202. The fourth-order valence-corrected chi connectivity index (χ4v) is 1.89. The molecule has 3 nitrogen and oxygen atoms in total. The van der Waals surface area contributed by atoms with E-state index in [9.17, 15) is 4.79 Å². The third-order valence-electron chi connectivity index (χ3n) is 3.39. The van der Waals surface area contributed by atoms with Crippen LogP contribution < -0.4 is 5.32 Å². The number of ether oxygens (including phenoxy) is 1. The van der Waals surface area contributed by atoms with E-state index in [1.807, 2.05) is 6.92 Å². The molecule has 0 spiro atoms. The van der Waals surface area contributed by atoms with Crippen molar-refractivity contribution in [2.45, 2.75) is 65.0 Å². The van der Waals surface area contributed by atoms with Gasteiger partial charge < -0.3 is 10.1 Å². The van der Waals surface area contributed by atoms with Crippen molar-refractivity contribution < 1.29 is 9.53 Å². The van der Waals surface area contributed by atoms with Crippen LogP contribution in [0.15, 0.2) is 0 Å². The molecule has 0 radical (unpaired) electrons. The molecule has 0 aromatic heterocycles. The van der Waals surface area contributed by atoms with E-state index < -0.39 is 0 Å². The summed E-state index contributed by atoms with van der Waals surface area (Å²) in [6, 6.07) is 0.224. The number of carbonyl (C=O) groups is 1. The standard InChI is InChI=1S/C13H25NO2/c1-10(2)11(3)14-13(15)9-16-12-7-5-4-6-8-12/h10-12H,4-9H2,1-3H3,(H,14,15). The van der Waals surface area contributed by atoms with Gasteiger partial charge in [-0.25, -0.2) is 0 Å². The van der Waals surface area contributed by atoms with E-state index in [1.54, 1.807) is 0 Å².